The van der Waals surface area contributed by atoms with Crippen molar-refractivity contribution in [2.75, 3.05) is 6.54 Å². The van der Waals surface area contributed by atoms with Crippen LogP contribution in [0.15, 0.2) is 77.5 Å². The Morgan fingerprint density at radius 1 is 1.15 bits per heavy atom. The summed E-state index contributed by atoms with van der Waals surface area (Å²) in [6, 6.07) is 14.7. The fourth-order valence-electron chi connectivity index (χ4n) is 4.41. The molecular formula is C26H22BI2N2O3-. The molecule has 0 saturated heterocycles. The second kappa shape index (κ2) is 10.2. The molecule has 8 heteroatoms. The summed E-state index contributed by atoms with van der Waals surface area (Å²) < 4.78 is 4.58. The zero-order valence-corrected chi connectivity index (χ0v) is 22.6. The van der Waals surface area contributed by atoms with Gasteiger partial charge in [-0.3, -0.25) is 0 Å². The van der Waals surface area contributed by atoms with E-state index in [2.05, 4.69) is 24.6 Å². The first-order valence-corrected chi connectivity index (χ1v) is 19.5. The van der Waals surface area contributed by atoms with Gasteiger partial charge in [-0.2, -0.15) is 0 Å². The van der Waals surface area contributed by atoms with E-state index in [4.69, 9.17) is 7.85 Å². The zero-order chi connectivity index (χ0) is 23.7. The number of halogens is 2. The molecule has 1 aliphatic carbocycles. The average Bonchev–Trinajstić information content (AvgIpc) is 3.19. The Labute approximate surface area is 216 Å². The first-order valence-electron chi connectivity index (χ1n) is 11.0. The van der Waals surface area contributed by atoms with Gasteiger partial charge in [0.05, 0.1) is 0 Å². The molecule has 1 unspecified atom stereocenters. The number of Topliss-reactive ketones (excluding diaryl/α,β-unsaturated/α-hetero) is 1. The molecule has 5 rings (SSSR count). The van der Waals surface area contributed by atoms with Gasteiger partial charge in [0.1, 0.15) is 0 Å². The van der Waals surface area contributed by atoms with Gasteiger partial charge in [-0.15, -0.1) is 0 Å². The number of carbonyl (C=O) groups is 2. The van der Waals surface area contributed by atoms with Crippen molar-refractivity contribution in [3.8, 4) is 5.75 Å². The maximum absolute atomic E-state index is 12.8. The zero-order valence-electron chi connectivity index (χ0n) is 18.3. The molecule has 2 aromatic carbocycles. The number of aromatic hydroxyl groups is 1. The number of para-hydroxylation sites is 1. The predicted molar refractivity (Wildman–Crippen MR) is 139 cm³/mol. The molecule has 0 spiro atoms. The Bertz CT molecular complexity index is 1300. The molecule has 2 aliphatic heterocycles. The van der Waals surface area contributed by atoms with Crippen LogP contribution in [-0.4, -0.2) is 38.3 Å². The van der Waals surface area contributed by atoms with Crippen LogP contribution in [0.4, 0.5) is 0 Å². The fraction of sp³-hybridized carbons (Fsp3) is 0.192. The van der Waals surface area contributed by atoms with Gasteiger partial charge in [0.2, 0.25) is 0 Å². The molecule has 2 radical (unpaired) electrons. The third-order valence-corrected chi connectivity index (χ3v) is 14.2. The molecule has 2 aromatic rings. The number of nitrogens with one attached hydrogen (secondary N) is 1. The Kier molecular flexibility index (Phi) is 7.05. The summed E-state index contributed by atoms with van der Waals surface area (Å²) in [6.07, 6.45) is 6.05. The number of phenols is 1. The van der Waals surface area contributed by atoms with E-state index in [0.29, 0.717) is 12.1 Å². The van der Waals surface area contributed by atoms with Gasteiger partial charge in [0.25, 0.3) is 0 Å². The van der Waals surface area contributed by atoms with E-state index in [1.807, 2.05) is 36.4 Å². The molecule has 1 amide bonds. The Balaban J connectivity index is 1.27. The summed E-state index contributed by atoms with van der Waals surface area (Å²) in [5.41, 5.74) is 6.27. The Morgan fingerprint density at radius 2 is 1.91 bits per heavy atom. The molecule has 2 N–H and O–H groups in total. The van der Waals surface area contributed by atoms with Crippen molar-refractivity contribution in [1.82, 2.24) is 8.43 Å². The molecule has 0 saturated carbocycles. The van der Waals surface area contributed by atoms with Gasteiger partial charge in [-0.05, 0) is 0 Å². The van der Waals surface area contributed by atoms with Gasteiger partial charge in [0, 0.05) is 0 Å². The number of nitrogens with zero attached hydrogens (tertiary/aromatic N) is 1. The fourth-order valence-corrected chi connectivity index (χ4v) is 13.2. The van der Waals surface area contributed by atoms with Crippen LogP contribution in [0.3, 0.4) is 0 Å². The minimum absolute atomic E-state index is 0.0342. The van der Waals surface area contributed by atoms with E-state index in [0.717, 1.165) is 40.7 Å². The van der Waals surface area contributed by atoms with Crippen LogP contribution in [0.5, 0.6) is 5.75 Å². The van der Waals surface area contributed by atoms with E-state index in [9.17, 15) is 14.7 Å². The number of allylic oxidation sites excluding steroid dienone is 5. The van der Waals surface area contributed by atoms with Crippen molar-refractivity contribution in [2.24, 2.45) is 0 Å². The second-order valence-electron chi connectivity index (χ2n) is 8.29. The number of hydrogen-bond acceptors (Lipinski definition) is 4. The standard InChI is InChI=1S/C26H22BI2N2O3/c27-22-15-28-29-31-17(12-16(13-23(22)31)18-7-3-4-10-24(18)32)6-5-11-30-26(34)21-14-25(33)20-9-2-1-8-19(20)21/h1-4,7-10,12-13,15,21,32H,5-6,11,14H2,(H,30,34)/q-1. The molecule has 3 aliphatic rings. The number of hydrogen-bond donors (Lipinski definition) is 2. The van der Waals surface area contributed by atoms with Crippen LogP contribution in [0, 0.1) is 0 Å². The molecule has 2 heterocycles. The molecule has 1 atom stereocenters. The van der Waals surface area contributed by atoms with E-state index < -0.39 is 5.92 Å². The molecule has 0 bridgehead atoms. The van der Waals surface area contributed by atoms with E-state index >= 15 is 0 Å². The van der Waals surface area contributed by atoms with Crippen LogP contribution >= 0.6 is 16.8 Å². The number of carbonyl (C=O) groups excluding carboxylic acids is 2. The molecule has 5 nitrogen and oxygen atoms in total. The number of phenolic OH excluding ortho intramolecular Hbond substituents is 1. The molecule has 34 heavy (non-hydrogen) atoms. The van der Waals surface area contributed by atoms with Crippen molar-refractivity contribution in [1.29, 1.82) is 0 Å². The summed E-state index contributed by atoms with van der Waals surface area (Å²) in [5, 5.41) is 13.4. The Morgan fingerprint density at radius 3 is 2.74 bits per heavy atom. The summed E-state index contributed by atoms with van der Waals surface area (Å²) in [7, 11) is 6.35. The molecular weight excluding hydrogens is 653 g/mol. The minimum atomic E-state index is -0.393. The molecule has 172 valence electrons. The first kappa shape index (κ1) is 23.5. The monoisotopic (exact) mass is 675 g/mol. The van der Waals surface area contributed by atoms with Crippen molar-refractivity contribution >= 4 is 45.9 Å². The number of amides is 1. The van der Waals surface area contributed by atoms with Gasteiger partial charge in [-0.1, -0.05) is 0 Å². The maximum atomic E-state index is 12.8. The van der Waals surface area contributed by atoms with Crippen molar-refractivity contribution in [3.05, 3.63) is 94.2 Å². The molecule has 0 aromatic heterocycles. The predicted octanol–water partition coefficient (Wildman–Crippen LogP) is 1.33. The average molecular weight is 675 g/mol. The van der Waals surface area contributed by atoms with E-state index in [1.54, 1.807) is 12.1 Å². The SMILES string of the molecule is [B]C1=C2C=C(c3ccccc3O)C=C(CCCNC(=O)C3CC(=O)c4ccccc43)N2[I-]I=C1. The van der Waals surface area contributed by atoms with Crippen LogP contribution < -0.4 is 22.8 Å². The van der Waals surface area contributed by atoms with Crippen molar-refractivity contribution in [3.63, 3.8) is 0 Å². The first-order chi connectivity index (χ1) is 16.5. The topological polar surface area (TPSA) is 69.6 Å². The number of fused-ring (bicyclic) bond motifs is 2. The second-order valence-corrected chi connectivity index (χ2v) is 16.3. The van der Waals surface area contributed by atoms with Gasteiger partial charge >= 0.3 is 218 Å². The third kappa shape index (κ3) is 4.66. The van der Waals surface area contributed by atoms with Crippen LogP contribution in [0.2, 0.25) is 0 Å². The van der Waals surface area contributed by atoms with Crippen molar-refractivity contribution in [2.45, 2.75) is 25.2 Å². The van der Waals surface area contributed by atoms with Crippen LogP contribution in [0.1, 0.15) is 46.7 Å². The summed E-state index contributed by atoms with van der Waals surface area (Å²) in [4.78, 5) is 25.0. The van der Waals surface area contributed by atoms with Crippen molar-refractivity contribution < 1.29 is 32.2 Å². The molecule has 0 fully saturated rings. The van der Waals surface area contributed by atoms with E-state index in [-0.39, 0.29) is 58.1 Å². The summed E-state index contributed by atoms with van der Waals surface area (Å²) in [6.45, 7) is 0.542. The number of rotatable bonds is 6. The third-order valence-electron chi connectivity index (χ3n) is 6.10. The Hall–Kier alpha value is -2.21. The quantitative estimate of drug-likeness (QED) is 0.210. The summed E-state index contributed by atoms with van der Waals surface area (Å²) >= 11 is -0.173. The van der Waals surface area contributed by atoms with Gasteiger partial charge in [0.15, 0.2) is 0 Å². The number of benzene rings is 2. The van der Waals surface area contributed by atoms with Gasteiger partial charge in [-0.25, -0.2) is 0 Å². The van der Waals surface area contributed by atoms with Gasteiger partial charge < -0.3 is 0 Å². The van der Waals surface area contributed by atoms with E-state index in [1.165, 1.54) is 5.70 Å². The van der Waals surface area contributed by atoms with Crippen LogP contribution in [0.25, 0.3) is 5.57 Å². The summed E-state index contributed by atoms with van der Waals surface area (Å²) in [5.74, 6) is -0.188. The number of ketones is 1. The van der Waals surface area contributed by atoms with Crippen LogP contribution in [-0.2, 0) is 4.79 Å². The normalized spacial score (nSPS) is 19.4.